The number of carboxylic acids is 1. The van der Waals surface area contributed by atoms with Crippen molar-refractivity contribution in [3.05, 3.63) is 24.3 Å². The maximum Gasteiger partial charge on any atom is 0.303 e. The lowest BCUT2D eigenvalue weighted by atomic mass is 9.76. The van der Waals surface area contributed by atoms with Crippen LogP contribution in [0.4, 0.5) is 0 Å². The summed E-state index contributed by atoms with van der Waals surface area (Å²) in [7, 11) is 0. The van der Waals surface area contributed by atoms with Crippen LogP contribution in [0.25, 0.3) is 0 Å². The van der Waals surface area contributed by atoms with Crippen LogP contribution >= 0.6 is 0 Å². The Bertz CT molecular complexity index is 487. The van der Waals surface area contributed by atoms with Gasteiger partial charge < -0.3 is 20.1 Å². The number of aliphatic hydroxyl groups is 2. The fourth-order valence-corrected chi connectivity index (χ4v) is 4.11. The van der Waals surface area contributed by atoms with Gasteiger partial charge in [-0.25, -0.2) is 0 Å². The Morgan fingerprint density at radius 2 is 2.08 bits per heavy atom. The molecular formula is C21H34O5. The van der Waals surface area contributed by atoms with Gasteiger partial charge in [0.2, 0.25) is 0 Å². The summed E-state index contributed by atoms with van der Waals surface area (Å²) in [5.41, 5.74) is 0. The molecule has 2 rings (SSSR count). The molecule has 2 heterocycles. The Kier molecular flexibility index (Phi) is 8.82. The van der Waals surface area contributed by atoms with E-state index in [1.165, 1.54) is 0 Å². The van der Waals surface area contributed by atoms with Gasteiger partial charge in [0.1, 0.15) is 0 Å². The highest BCUT2D eigenvalue weighted by molar-refractivity contribution is 5.66. The molecule has 26 heavy (non-hydrogen) atoms. The topological polar surface area (TPSA) is 87.0 Å². The van der Waals surface area contributed by atoms with Crippen LogP contribution in [0.3, 0.4) is 0 Å². The number of aliphatic carboxylic acids is 1. The lowest BCUT2D eigenvalue weighted by Gasteiger charge is -2.28. The third-order valence-electron chi connectivity index (χ3n) is 5.53. The van der Waals surface area contributed by atoms with Crippen molar-refractivity contribution >= 4 is 5.97 Å². The molecule has 2 fully saturated rings. The summed E-state index contributed by atoms with van der Waals surface area (Å²) in [6, 6.07) is 0. The van der Waals surface area contributed by atoms with Gasteiger partial charge in [-0.3, -0.25) is 4.79 Å². The fourth-order valence-electron chi connectivity index (χ4n) is 4.11. The van der Waals surface area contributed by atoms with Gasteiger partial charge in [0.05, 0.1) is 24.4 Å². The number of carbonyl (C=O) groups is 1. The second kappa shape index (κ2) is 10.9. The van der Waals surface area contributed by atoms with Gasteiger partial charge in [0.15, 0.2) is 0 Å². The van der Waals surface area contributed by atoms with Crippen LogP contribution in [-0.4, -0.2) is 45.7 Å². The zero-order chi connectivity index (χ0) is 18.9. The minimum absolute atomic E-state index is 0.0412. The summed E-state index contributed by atoms with van der Waals surface area (Å²) in [4.78, 5) is 10.5. The Hall–Kier alpha value is -1.17. The predicted molar refractivity (Wildman–Crippen MR) is 101 cm³/mol. The van der Waals surface area contributed by atoms with Crippen molar-refractivity contribution in [3.8, 4) is 0 Å². The number of unbranched alkanes of at least 4 members (excludes halogenated alkanes) is 3. The van der Waals surface area contributed by atoms with Crippen LogP contribution in [0.2, 0.25) is 0 Å². The lowest BCUT2D eigenvalue weighted by molar-refractivity contribution is -0.137. The zero-order valence-electron chi connectivity index (χ0n) is 15.8. The van der Waals surface area contributed by atoms with Gasteiger partial charge in [0.25, 0.3) is 0 Å². The predicted octanol–water partition coefficient (Wildman–Crippen LogP) is 3.45. The van der Waals surface area contributed by atoms with E-state index in [-0.39, 0.29) is 30.5 Å². The first-order chi connectivity index (χ1) is 12.5. The molecule has 148 valence electrons. The molecule has 0 aromatic heterocycles. The summed E-state index contributed by atoms with van der Waals surface area (Å²) < 4.78 is 5.96. The molecule has 0 aliphatic carbocycles. The molecule has 3 N–H and O–H groups in total. The van der Waals surface area contributed by atoms with Crippen LogP contribution in [0.5, 0.6) is 0 Å². The van der Waals surface area contributed by atoms with E-state index in [2.05, 4.69) is 19.1 Å². The zero-order valence-corrected chi connectivity index (χ0v) is 15.8. The quantitative estimate of drug-likeness (QED) is 0.364. The second-order valence-electron chi connectivity index (χ2n) is 7.62. The van der Waals surface area contributed by atoms with E-state index in [1.54, 1.807) is 0 Å². The lowest BCUT2D eigenvalue weighted by Crippen LogP contribution is -2.35. The molecule has 0 aromatic rings. The van der Waals surface area contributed by atoms with Crippen molar-refractivity contribution in [2.75, 3.05) is 0 Å². The average molecular weight is 366 g/mol. The molecular weight excluding hydrogens is 332 g/mol. The summed E-state index contributed by atoms with van der Waals surface area (Å²) in [6.07, 6.45) is 14.4. The molecule has 6 atom stereocenters. The first-order valence-electron chi connectivity index (χ1n) is 10.1. The third kappa shape index (κ3) is 6.22. The van der Waals surface area contributed by atoms with Gasteiger partial charge >= 0.3 is 5.97 Å². The minimum Gasteiger partial charge on any atom is -0.481 e. The number of hydrogen-bond donors (Lipinski definition) is 3. The second-order valence-corrected chi connectivity index (χ2v) is 7.62. The van der Waals surface area contributed by atoms with Crippen molar-refractivity contribution in [2.24, 2.45) is 11.8 Å². The average Bonchev–Trinajstić information content (AvgIpc) is 3.13. The van der Waals surface area contributed by atoms with E-state index < -0.39 is 18.2 Å². The number of fused-ring (bicyclic) bond motifs is 2. The summed E-state index contributed by atoms with van der Waals surface area (Å²) in [5.74, 6) is -0.308. The molecule has 2 bridgehead atoms. The molecule has 0 radical (unpaired) electrons. The number of aliphatic hydroxyl groups excluding tert-OH is 2. The standard InChI is InChI=1S/C21H34O5/c1-2-3-6-9-15(22)12-13-16-17(21-18(23)14-19(16)26-21)10-7-4-5-8-11-20(24)25/h4,7,12-13,15-19,21-23H,2-3,5-6,8-11,14H2,1H3,(H,24,25)/t15?,16-,17-,18+,19-,21-/m1/s1. The van der Waals surface area contributed by atoms with Crippen molar-refractivity contribution < 1.29 is 24.9 Å². The Balaban J connectivity index is 1.84. The first kappa shape index (κ1) is 21.1. The number of allylic oxidation sites excluding steroid dienone is 2. The maximum absolute atomic E-state index is 10.5. The monoisotopic (exact) mass is 366 g/mol. The number of carboxylic acid groups (broad SMARTS) is 1. The summed E-state index contributed by atoms with van der Waals surface area (Å²) in [6.45, 7) is 2.15. The molecule has 0 aromatic carbocycles. The highest BCUT2D eigenvalue weighted by Gasteiger charge is 2.51. The third-order valence-corrected chi connectivity index (χ3v) is 5.53. The van der Waals surface area contributed by atoms with Crippen LogP contribution in [0.1, 0.15) is 64.7 Å². The van der Waals surface area contributed by atoms with Crippen molar-refractivity contribution in [2.45, 2.75) is 89.1 Å². The maximum atomic E-state index is 10.5. The van der Waals surface area contributed by atoms with Gasteiger partial charge in [0, 0.05) is 18.8 Å². The van der Waals surface area contributed by atoms with E-state index in [0.717, 1.165) is 38.5 Å². The highest BCUT2D eigenvalue weighted by atomic mass is 16.5. The van der Waals surface area contributed by atoms with Gasteiger partial charge in [-0.2, -0.15) is 0 Å². The van der Waals surface area contributed by atoms with Gasteiger partial charge in [-0.1, -0.05) is 50.5 Å². The van der Waals surface area contributed by atoms with Gasteiger partial charge in [-0.15, -0.1) is 0 Å². The number of rotatable bonds is 12. The molecule has 0 amide bonds. The molecule has 2 aliphatic rings. The van der Waals surface area contributed by atoms with Crippen LogP contribution in [0, 0.1) is 11.8 Å². The Morgan fingerprint density at radius 1 is 1.27 bits per heavy atom. The largest absolute Gasteiger partial charge is 0.481 e. The Morgan fingerprint density at radius 3 is 2.81 bits per heavy atom. The Labute approximate surface area is 156 Å². The van der Waals surface area contributed by atoms with E-state index in [9.17, 15) is 15.0 Å². The number of hydrogen-bond acceptors (Lipinski definition) is 4. The normalized spacial score (nSPS) is 32.0. The molecule has 2 saturated heterocycles. The SMILES string of the molecule is CCCCCC(O)C=C[C@@H]1[C@@H](CC=CCCCC(=O)O)[C@H]2O[C@@H]1C[C@@H]2O. The minimum atomic E-state index is -0.759. The van der Waals surface area contributed by atoms with E-state index in [4.69, 9.17) is 9.84 Å². The van der Waals surface area contributed by atoms with Crippen molar-refractivity contribution in [3.63, 3.8) is 0 Å². The summed E-state index contributed by atoms with van der Waals surface area (Å²) >= 11 is 0. The fraction of sp³-hybridized carbons (Fsp3) is 0.762. The van der Waals surface area contributed by atoms with E-state index in [0.29, 0.717) is 12.8 Å². The van der Waals surface area contributed by atoms with Crippen molar-refractivity contribution in [1.82, 2.24) is 0 Å². The number of ether oxygens (including phenoxy) is 1. The van der Waals surface area contributed by atoms with Crippen LogP contribution in [-0.2, 0) is 9.53 Å². The molecule has 5 heteroatoms. The molecule has 5 nitrogen and oxygen atoms in total. The van der Waals surface area contributed by atoms with Crippen LogP contribution in [0.15, 0.2) is 24.3 Å². The molecule has 0 spiro atoms. The van der Waals surface area contributed by atoms with Crippen LogP contribution < -0.4 is 0 Å². The highest BCUT2D eigenvalue weighted by Crippen LogP contribution is 2.46. The molecule has 0 saturated carbocycles. The van der Waals surface area contributed by atoms with Gasteiger partial charge in [-0.05, 0) is 31.6 Å². The summed E-state index contributed by atoms with van der Waals surface area (Å²) in [5, 5.41) is 28.9. The van der Waals surface area contributed by atoms with E-state index >= 15 is 0 Å². The first-order valence-corrected chi connectivity index (χ1v) is 10.1. The molecule has 2 aliphatic heterocycles. The smallest absolute Gasteiger partial charge is 0.303 e. The van der Waals surface area contributed by atoms with E-state index in [1.807, 2.05) is 12.2 Å². The van der Waals surface area contributed by atoms with Crippen molar-refractivity contribution in [1.29, 1.82) is 0 Å². The molecule has 1 unspecified atom stereocenters.